The molecule has 1 unspecified atom stereocenters. The van der Waals surface area contributed by atoms with Crippen LogP contribution >= 0.6 is 0 Å². The Hall–Kier alpha value is -1.17. The summed E-state index contributed by atoms with van der Waals surface area (Å²) in [4.78, 5) is 7.96. The molecule has 0 saturated heterocycles. The second-order valence-corrected chi connectivity index (χ2v) is 6.79. The molecule has 1 aromatic heterocycles. The van der Waals surface area contributed by atoms with Crippen molar-refractivity contribution >= 4 is 0 Å². The van der Waals surface area contributed by atoms with Crippen LogP contribution in [0.25, 0.3) is 0 Å². The fraction of sp³-hybridized carbons (Fsp3) is 0.733. The number of hydrogen-bond donors (Lipinski definition) is 1. The van der Waals surface area contributed by atoms with Crippen LogP contribution in [0, 0.1) is 5.92 Å². The summed E-state index contributed by atoms with van der Waals surface area (Å²) in [5.41, 5.74) is 1.86. The van der Waals surface area contributed by atoms with E-state index in [9.17, 15) is 13.2 Å². The molecule has 0 saturated carbocycles. The largest absolute Gasteiger partial charge is 0.396 e. The molecular weight excluding hydrogens is 279 g/mol. The summed E-state index contributed by atoms with van der Waals surface area (Å²) in [7, 11) is 0. The van der Waals surface area contributed by atoms with E-state index >= 15 is 0 Å². The zero-order valence-electron chi connectivity index (χ0n) is 12.7. The lowest BCUT2D eigenvalue weighted by Crippen LogP contribution is -2.40. The minimum absolute atomic E-state index is 0.0767. The highest BCUT2D eigenvalue weighted by molar-refractivity contribution is 5.21. The van der Waals surface area contributed by atoms with Crippen LogP contribution in [-0.2, 0) is 19.3 Å². The van der Waals surface area contributed by atoms with Crippen LogP contribution in [0.1, 0.15) is 44.3 Å². The average Bonchev–Trinajstić information content (AvgIpc) is 2.33. The molecule has 2 rings (SSSR count). The Labute approximate surface area is 123 Å². The van der Waals surface area contributed by atoms with Gasteiger partial charge in [0.15, 0.2) is 0 Å². The van der Waals surface area contributed by atoms with Crippen molar-refractivity contribution in [1.82, 2.24) is 15.3 Å². The molecule has 0 radical (unpaired) electrons. The molecule has 1 aliphatic carbocycles. The van der Waals surface area contributed by atoms with Gasteiger partial charge in [-0.3, -0.25) is 0 Å². The number of alkyl halides is 3. The molecular formula is C15H22F3N3. The number of hydrogen-bond acceptors (Lipinski definition) is 3. The first kappa shape index (κ1) is 16.2. The number of rotatable bonds is 3. The van der Waals surface area contributed by atoms with Gasteiger partial charge in [-0.05, 0) is 58.1 Å². The molecule has 1 N–H and O–H groups in total. The maximum Gasteiger partial charge on any atom is 0.396 e. The predicted octanol–water partition coefficient (Wildman–Crippen LogP) is 3.07. The molecule has 0 spiro atoms. The fourth-order valence-electron chi connectivity index (χ4n) is 2.51. The predicted molar refractivity (Wildman–Crippen MR) is 75.1 cm³/mol. The zero-order valence-corrected chi connectivity index (χ0v) is 12.7. The number of aryl methyl sites for hydroxylation is 1. The van der Waals surface area contributed by atoms with Gasteiger partial charge in [-0.1, -0.05) is 0 Å². The molecule has 21 heavy (non-hydrogen) atoms. The van der Waals surface area contributed by atoms with Crippen LogP contribution in [0.5, 0.6) is 0 Å². The van der Waals surface area contributed by atoms with E-state index in [1.807, 2.05) is 0 Å². The van der Waals surface area contributed by atoms with Crippen LogP contribution in [-0.4, -0.2) is 28.2 Å². The Kier molecular flexibility index (Phi) is 4.56. The number of nitrogens with zero attached hydrogens (tertiary/aromatic N) is 2. The molecule has 0 fully saturated rings. The highest BCUT2D eigenvalue weighted by atomic mass is 19.4. The van der Waals surface area contributed by atoms with Gasteiger partial charge in [-0.25, -0.2) is 9.97 Å². The van der Waals surface area contributed by atoms with Gasteiger partial charge < -0.3 is 5.32 Å². The van der Waals surface area contributed by atoms with Crippen molar-refractivity contribution in [2.24, 2.45) is 5.92 Å². The maximum atomic E-state index is 12.4. The summed E-state index contributed by atoms with van der Waals surface area (Å²) in [5, 5.41) is 3.48. The minimum Gasteiger partial charge on any atom is -0.312 e. The van der Waals surface area contributed by atoms with Gasteiger partial charge in [0.25, 0.3) is 0 Å². The lowest BCUT2D eigenvalue weighted by Gasteiger charge is -2.28. The first-order valence-electron chi connectivity index (χ1n) is 7.28. The molecule has 1 heterocycles. The summed E-state index contributed by atoms with van der Waals surface area (Å²) in [6.45, 7) is 7.27. The number of nitrogens with one attached hydrogen (secondary N) is 1. The topological polar surface area (TPSA) is 37.8 Å². The van der Waals surface area contributed by atoms with Gasteiger partial charge in [0.2, 0.25) is 0 Å². The third-order valence-electron chi connectivity index (χ3n) is 3.58. The third-order valence-corrected chi connectivity index (χ3v) is 3.58. The van der Waals surface area contributed by atoms with Crippen LogP contribution in [0.2, 0.25) is 0 Å². The Morgan fingerprint density at radius 1 is 1.29 bits per heavy atom. The highest BCUT2D eigenvalue weighted by Gasteiger charge is 2.30. The molecule has 0 aromatic carbocycles. The van der Waals surface area contributed by atoms with Crippen LogP contribution in [0.15, 0.2) is 6.20 Å². The van der Waals surface area contributed by atoms with Crippen molar-refractivity contribution in [3.05, 3.63) is 23.3 Å². The quantitative estimate of drug-likeness (QED) is 0.932. The average molecular weight is 301 g/mol. The molecule has 6 heteroatoms. The normalized spacial score (nSPS) is 19.4. The third kappa shape index (κ3) is 5.26. The van der Waals surface area contributed by atoms with Crippen molar-refractivity contribution in [2.45, 2.75) is 58.2 Å². The van der Waals surface area contributed by atoms with Crippen molar-refractivity contribution in [3.63, 3.8) is 0 Å². The molecule has 0 bridgehead atoms. The SMILES string of the molecule is CC(C)(C)NCC1CCc2nc(CC(F)(F)F)ncc2C1. The molecule has 1 aromatic rings. The number of fused-ring (bicyclic) bond motifs is 1. The van der Waals surface area contributed by atoms with Crippen LogP contribution < -0.4 is 5.32 Å². The van der Waals surface area contributed by atoms with Crippen LogP contribution in [0.4, 0.5) is 13.2 Å². The lowest BCUT2D eigenvalue weighted by atomic mass is 9.86. The fourth-order valence-corrected chi connectivity index (χ4v) is 2.51. The summed E-state index contributed by atoms with van der Waals surface area (Å²) in [6, 6.07) is 0. The summed E-state index contributed by atoms with van der Waals surface area (Å²) in [6.07, 6.45) is -1.19. The molecule has 118 valence electrons. The monoisotopic (exact) mass is 301 g/mol. The smallest absolute Gasteiger partial charge is 0.312 e. The second kappa shape index (κ2) is 5.91. The van der Waals surface area contributed by atoms with Gasteiger partial charge in [0.1, 0.15) is 12.2 Å². The highest BCUT2D eigenvalue weighted by Crippen LogP contribution is 2.25. The Morgan fingerprint density at radius 3 is 2.62 bits per heavy atom. The Bertz CT molecular complexity index is 492. The molecule has 1 atom stereocenters. The van der Waals surface area contributed by atoms with Gasteiger partial charge in [0.05, 0.1) is 0 Å². The van der Waals surface area contributed by atoms with Crippen molar-refractivity contribution in [1.29, 1.82) is 0 Å². The molecule has 1 aliphatic rings. The summed E-state index contributed by atoms with van der Waals surface area (Å²) < 4.78 is 37.1. The van der Waals surface area contributed by atoms with Crippen LogP contribution in [0.3, 0.4) is 0 Å². The van der Waals surface area contributed by atoms with Crippen molar-refractivity contribution in [3.8, 4) is 0 Å². The molecule has 0 amide bonds. The first-order chi connectivity index (χ1) is 9.62. The van der Waals surface area contributed by atoms with Gasteiger partial charge in [-0.2, -0.15) is 13.2 Å². The van der Waals surface area contributed by atoms with E-state index in [4.69, 9.17) is 0 Å². The zero-order chi connectivity index (χ0) is 15.7. The van der Waals surface area contributed by atoms with Gasteiger partial charge in [0, 0.05) is 17.4 Å². The van der Waals surface area contributed by atoms with Crippen molar-refractivity contribution in [2.75, 3.05) is 6.54 Å². The Balaban J connectivity index is 1.99. The Morgan fingerprint density at radius 2 is 2.00 bits per heavy atom. The summed E-state index contributed by atoms with van der Waals surface area (Å²) in [5.74, 6) is 0.376. The first-order valence-corrected chi connectivity index (χ1v) is 7.28. The van der Waals surface area contributed by atoms with E-state index in [0.717, 1.165) is 37.1 Å². The molecule has 3 nitrogen and oxygen atoms in total. The number of aromatic nitrogens is 2. The van der Waals surface area contributed by atoms with E-state index in [-0.39, 0.29) is 11.4 Å². The van der Waals surface area contributed by atoms with E-state index in [0.29, 0.717) is 5.92 Å². The molecule has 0 aliphatic heterocycles. The van der Waals surface area contributed by atoms with Gasteiger partial charge >= 0.3 is 6.18 Å². The second-order valence-electron chi connectivity index (χ2n) is 6.79. The standard InChI is InChI=1S/C15H22F3N3/c1-14(2,3)20-8-10-4-5-12-11(6-10)9-19-13(21-12)7-15(16,17)18/h9-10,20H,4-8H2,1-3H3. The van der Waals surface area contributed by atoms with Crippen molar-refractivity contribution < 1.29 is 13.2 Å². The lowest BCUT2D eigenvalue weighted by molar-refractivity contribution is -0.128. The van der Waals surface area contributed by atoms with E-state index < -0.39 is 12.6 Å². The van der Waals surface area contributed by atoms with E-state index in [1.165, 1.54) is 0 Å². The summed E-state index contributed by atoms with van der Waals surface area (Å²) >= 11 is 0. The van der Waals surface area contributed by atoms with Gasteiger partial charge in [-0.15, -0.1) is 0 Å². The van der Waals surface area contributed by atoms with E-state index in [1.54, 1.807) is 6.20 Å². The van der Waals surface area contributed by atoms with E-state index in [2.05, 4.69) is 36.1 Å². The number of halogens is 3. The minimum atomic E-state index is -4.25. The maximum absolute atomic E-state index is 12.4.